The third-order valence-electron chi connectivity index (χ3n) is 2.84. The summed E-state index contributed by atoms with van der Waals surface area (Å²) in [5.74, 6) is -0.450. The second kappa shape index (κ2) is 4.37. The molecule has 4 nitrogen and oxygen atoms in total. The molecule has 1 heterocycles. The molecule has 19 heavy (non-hydrogen) atoms. The van der Waals surface area contributed by atoms with Gasteiger partial charge in [0.05, 0.1) is 10.2 Å². The van der Waals surface area contributed by atoms with Crippen molar-refractivity contribution in [3.8, 4) is 10.6 Å². The molecular weight excluding hydrogens is 258 g/mol. The molecule has 0 aliphatic heterocycles. The summed E-state index contributed by atoms with van der Waals surface area (Å²) in [7, 11) is 0. The lowest BCUT2D eigenvalue weighted by Crippen LogP contribution is -2.12. The maximum atomic E-state index is 11.4. The fraction of sp³-hybridized carbons (Fsp3) is 0. The Kier molecular flexibility index (Phi) is 2.68. The number of fused-ring (bicyclic) bond motifs is 1. The van der Waals surface area contributed by atoms with Crippen LogP contribution in [0.15, 0.2) is 42.5 Å². The topological polar surface area (TPSA) is 82.0 Å². The second-order valence-corrected chi connectivity index (χ2v) is 5.19. The third kappa shape index (κ3) is 2.04. The number of benzene rings is 2. The van der Waals surface area contributed by atoms with Crippen LogP contribution in [-0.2, 0) is 0 Å². The number of carbonyl (C=O) groups excluding carboxylic acids is 1. The van der Waals surface area contributed by atoms with Gasteiger partial charge in [0.25, 0.3) is 0 Å². The van der Waals surface area contributed by atoms with Gasteiger partial charge < -0.3 is 11.5 Å². The Morgan fingerprint density at radius 1 is 1.16 bits per heavy atom. The van der Waals surface area contributed by atoms with Gasteiger partial charge in [-0.05, 0) is 24.3 Å². The molecule has 0 saturated carbocycles. The Balaban J connectivity index is 2.22. The Labute approximate surface area is 113 Å². The number of thiazole rings is 1. The summed E-state index contributed by atoms with van der Waals surface area (Å²) in [5, 5.41) is 0.773. The Bertz CT molecular complexity index is 779. The van der Waals surface area contributed by atoms with Crippen LogP contribution in [0, 0.1) is 0 Å². The molecule has 4 N–H and O–H groups in total. The van der Waals surface area contributed by atoms with Crippen LogP contribution in [0.5, 0.6) is 0 Å². The van der Waals surface area contributed by atoms with Gasteiger partial charge in [-0.2, -0.15) is 0 Å². The molecule has 0 radical (unpaired) electrons. The van der Waals surface area contributed by atoms with Crippen LogP contribution in [0.4, 0.5) is 5.69 Å². The molecule has 3 aromatic rings. The van der Waals surface area contributed by atoms with Gasteiger partial charge >= 0.3 is 0 Å². The maximum absolute atomic E-state index is 11.4. The first kappa shape index (κ1) is 11.7. The number of nitrogens with two attached hydrogens (primary N) is 2. The Morgan fingerprint density at radius 3 is 2.74 bits per heavy atom. The monoisotopic (exact) mass is 269 g/mol. The van der Waals surface area contributed by atoms with Crippen molar-refractivity contribution in [3.05, 3.63) is 48.0 Å². The van der Waals surface area contributed by atoms with E-state index in [1.165, 1.54) is 11.3 Å². The molecule has 3 rings (SSSR count). The number of amides is 1. The minimum Gasteiger partial charge on any atom is -0.399 e. The van der Waals surface area contributed by atoms with E-state index in [-0.39, 0.29) is 0 Å². The van der Waals surface area contributed by atoms with E-state index >= 15 is 0 Å². The van der Waals surface area contributed by atoms with Crippen LogP contribution in [0.3, 0.4) is 0 Å². The van der Waals surface area contributed by atoms with E-state index in [9.17, 15) is 4.79 Å². The second-order valence-electron chi connectivity index (χ2n) is 4.16. The van der Waals surface area contributed by atoms with Crippen LogP contribution in [0.1, 0.15) is 10.4 Å². The molecule has 0 unspecified atom stereocenters. The standard InChI is InChI=1S/C14H11N3OS/c15-8-5-6-11-12(7-8)19-14(17-11)10-4-2-1-3-9(10)13(16)18/h1-7H,15H2,(H2,16,18). The summed E-state index contributed by atoms with van der Waals surface area (Å²) < 4.78 is 0.995. The summed E-state index contributed by atoms with van der Waals surface area (Å²) in [6.07, 6.45) is 0. The fourth-order valence-corrected chi connectivity index (χ4v) is 2.99. The number of carbonyl (C=O) groups is 1. The number of aromatic nitrogens is 1. The van der Waals surface area contributed by atoms with Gasteiger partial charge in [-0.25, -0.2) is 4.98 Å². The molecule has 1 amide bonds. The lowest BCUT2D eigenvalue weighted by atomic mass is 10.1. The van der Waals surface area contributed by atoms with Gasteiger partial charge in [-0.1, -0.05) is 18.2 Å². The predicted molar refractivity (Wildman–Crippen MR) is 78.0 cm³/mol. The number of hydrogen-bond acceptors (Lipinski definition) is 4. The molecule has 0 aliphatic carbocycles. The zero-order valence-electron chi connectivity index (χ0n) is 9.96. The molecule has 0 atom stereocenters. The molecule has 0 spiro atoms. The Morgan fingerprint density at radius 2 is 1.95 bits per heavy atom. The third-order valence-corrected chi connectivity index (χ3v) is 3.89. The summed E-state index contributed by atoms with van der Waals surface area (Å²) in [4.78, 5) is 16.0. The normalized spacial score (nSPS) is 10.7. The van der Waals surface area contributed by atoms with Crippen LogP contribution < -0.4 is 11.5 Å². The smallest absolute Gasteiger partial charge is 0.249 e. The molecule has 2 aromatic carbocycles. The number of nitrogen functional groups attached to an aromatic ring is 1. The molecule has 5 heteroatoms. The SMILES string of the molecule is NC(=O)c1ccccc1-c1nc2ccc(N)cc2s1. The quantitative estimate of drug-likeness (QED) is 0.702. The molecule has 94 valence electrons. The van der Waals surface area contributed by atoms with Crippen molar-refractivity contribution in [2.45, 2.75) is 0 Å². The van der Waals surface area contributed by atoms with Crippen LogP contribution >= 0.6 is 11.3 Å². The van der Waals surface area contributed by atoms with E-state index in [2.05, 4.69) is 4.98 Å². The average Bonchev–Trinajstić information content (AvgIpc) is 2.81. The van der Waals surface area contributed by atoms with Crippen molar-refractivity contribution in [3.63, 3.8) is 0 Å². The highest BCUT2D eigenvalue weighted by Gasteiger charge is 2.13. The Hall–Kier alpha value is -2.40. The number of primary amides is 1. The first-order chi connectivity index (χ1) is 9.15. The van der Waals surface area contributed by atoms with Gasteiger partial charge in [0.1, 0.15) is 5.01 Å². The number of anilines is 1. The van der Waals surface area contributed by atoms with Crippen molar-refractivity contribution in [1.29, 1.82) is 0 Å². The van der Waals surface area contributed by atoms with Gasteiger partial charge in [-0.3, -0.25) is 4.79 Å². The van der Waals surface area contributed by atoms with E-state index in [0.717, 1.165) is 20.8 Å². The molecule has 0 fully saturated rings. The lowest BCUT2D eigenvalue weighted by Gasteiger charge is -2.01. The van der Waals surface area contributed by atoms with Crippen molar-refractivity contribution < 1.29 is 4.79 Å². The average molecular weight is 269 g/mol. The fourth-order valence-electron chi connectivity index (χ4n) is 1.94. The predicted octanol–water partition coefficient (Wildman–Crippen LogP) is 2.64. The molecule has 0 saturated heterocycles. The minimum absolute atomic E-state index is 0.450. The number of nitrogens with zero attached hydrogens (tertiary/aromatic N) is 1. The summed E-state index contributed by atoms with van der Waals surface area (Å²) >= 11 is 1.50. The summed E-state index contributed by atoms with van der Waals surface area (Å²) in [6.45, 7) is 0. The van der Waals surface area contributed by atoms with Crippen LogP contribution in [0.2, 0.25) is 0 Å². The van der Waals surface area contributed by atoms with Gasteiger partial charge in [0.15, 0.2) is 0 Å². The number of rotatable bonds is 2. The van der Waals surface area contributed by atoms with E-state index < -0.39 is 5.91 Å². The van der Waals surface area contributed by atoms with Crippen molar-refractivity contribution in [2.75, 3.05) is 5.73 Å². The summed E-state index contributed by atoms with van der Waals surface area (Å²) in [5.41, 5.74) is 14.0. The highest BCUT2D eigenvalue weighted by molar-refractivity contribution is 7.21. The zero-order valence-corrected chi connectivity index (χ0v) is 10.8. The van der Waals surface area contributed by atoms with E-state index in [1.807, 2.05) is 30.3 Å². The molecule has 0 aliphatic rings. The lowest BCUT2D eigenvalue weighted by molar-refractivity contribution is 0.100. The van der Waals surface area contributed by atoms with Crippen LogP contribution in [-0.4, -0.2) is 10.9 Å². The molecule has 0 bridgehead atoms. The molecule has 1 aromatic heterocycles. The highest BCUT2D eigenvalue weighted by Crippen LogP contribution is 2.32. The van der Waals surface area contributed by atoms with Crippen molar-refractivity contribution >= 4 is 33.1 Å². The van der Waals surface area contributed by atoms with E-state index in [0.29, 0.717) is 11.3 Å². The number of hydrogen-bond donors (Lipinski definition) is 2. The largest absolute Gasteiger partial charge is 0.399 e. The maximum Gasteiger partial charge on any atom is 0.249 e. The van der Waals surface area contributed by atoms with Gasteiger partial charge in [-0.15, -0.1) is 11.3 Å². The highest BCUT2D eigenvalue weighted by atomic mass is 32.1. The first-order valence-electron chi connectivity index (χ1n) is 5.70. The van der Waals surface area contributed by atoms with Gasteiger partial charge in [0.2, 0.25) is 5.91 Å². The molecular formula is C14H11N3OS. The van der Waals surface area contributed by atoms with E-state index in [1.54, 1.807) is 12.1 Å². The van der Waals surface area contributed by atoms with Gasteiger partial charge in [0, 0.05) is 16.8 Å². The van der Waals surface area contributed by atoms with Crippen molar-refractivity contribution in [2.24, 2.45) is 5.73 Å². The zero-order chi connectivity index (χ0) is 13.4. The minimum atomic E-state index is -0.450. The van der Waals surface area contributed by atoms with Crippen molar-refractivity contribution in [1.82, 2.24) is 4.98 Å². The van der Waals surface area contributed by atoms with E-state index in [4.69, 9.17) is 11.5 Å². The summed E-state index contributed by atoms with van der Waals surface area (Å²) in [6, 6.07) is 12.8. The first-order valence-corrected chi connectivity index (χ1v) is 6.52. The van der Waals surface area contributed by atoms with Crippen LogP contribution in [0.25, 0.3) is 20.8 Å².